The minimum atomic E-state index is 0.195. The zero-order valence-corrected chi connectivity index (χ0v) is 10.7. The summed E-state index contributed by atoms with van der Waals surface area (Å²) in [5.74, 6) is 0. The first-order valence-electron chi connectivity index (χ1n) is 6.25. The van der Waals surface area contributed by atoms with Crippen LogP contribution in [0.1, 0.15) is 12.5 Å². The number of aromatic nitrogens is 2. The molecule has 2 aromatic rings. The normalized spacial score (nSPS) is 11.1. The lowest BCUT2D eigenvalue weighted by atomic mass is 10.3. The van der Waals surface area contributed by atoms with Crippen LogP contribution in [-0.4, -0.2) is 39.5 Å². The van der Waals surface area contributed by atoms with E-state index < -0.39 is 0 Å². The molecule has 0 saturated heterocycles. The van der Waals surface area contributed by atoms with Crippen LogP contribution in [0.2, 0.25) is 0 Å². The van der Waals surface area contributed by atoms with Crippen LogP contribution in [-0.2, 0) is 6.54 Å². The van der Waals surface area contributed by atoms with Gasteiger partial charge in [0.05, 0.1) is 18.5 Å². The van der Waals surface area contributed by atoms with Gasteiger partial charge in [-0.3, -0.25) is 4.90 Å². The molecule has 1 heterocycles. The Morgan fingerprint density at radius 1 is 1.28 bits per heavy atom. The molecule has 0 spiro atoms. The smallest absolute Gasteiger partial charge is 0.0645 e. The Morgan fingerprint density at radius 2 is 2.06 bits per heavy atom. The Balaban J connectivity index is 2.06. The number of para-hydroxylation sites is 1. The zero-order valence-electron chi connectivity index (χ0n) is 10.7. The van der Waals surface area contributed by atoms with Gasteiger partial charge in [0.1, 0.15) is 0 Å². The monoisotopic (exact) mass is 245 g/mol. The number of rotatable bonds is 6. The van der Waals surface area contributed by atoms with Crippen molar-refractivity contribution in [1.29, 1.82) is 0 Å². The van der Waals surface area contributed by atoms with Crippen molar-refractivity contribution in [3.63, 3.8) is 0 Å². The summed E-state index contributed by atoms with van der Waals surface area (Å²) < 4.78 is 1.88. The molecule has 4 nitrogen and oxygen atoms in total. The largest absolute Gasteiger partial charge is 0.395 e. The number of aliphatic hydroxyl groups is 1. The van der Waals surface area contributed by atoms with Crippen LogP contribution >= 0.6 is 0 Å². The third kappa shape index (κ3) is 3.18. The van der Waals surface area contributed by atoms with Gasteiger partial charge in [0, 0.05) is 24.8 Å². The Labute approximate surface area is 107 Å². The Kier molecular flexibility index (Phi) is 4.50. The fourth-order valence-corrected chi connectivity index (χ4v) is 1.91. The molecule has 0 amide bonds. The Morgan fingerprint density at radius 3 is 2.72 bits per heavy atom. The van der Waals surface area contributed by atoms with Gasteiger partial charge in [-0.05, 0) is 18.7 Å². The summed E-state index contributed by atoms with van der Waals surface area (Å²) >= 11 is 0. The maximum Gasteiger partial charge on any atom is 0.0645 e. The fourth-order valence-electron chi connectivity index (χ4n) is 1.91. The van der Waals surface area contributed by atoms with E-state index in [0.717, 1.165) is 24.3 Å². The Hall–Kier alpha value is -1.65. The average molecular weight is 245 g/mol. The van der Waals surface area contributed by atoms with Crippen molar-refractivity contribution in [1.82, 2.24) is 14.7 Å². The lowest BCUT2D eigenvalue weighted by Gasteiger charge is -2.17. The van der Waals surface area contributed by atoms with Gasteiger partial charge >= 0.3 is 0 Å². The third-order valence-electron chi connectivity index (χ3n) is 2.93. The molecule has 96 valence electrons. The van der Waals surface area contributed by atoms with E-state index in [9.17, 15) is 0 Å². The standard InChI is InChI=1S/C14H19N3O/c1-2-16(8-9-18)11-13-10-15-17(12-13)14-6-4-3-5-7-14/h3-7,10,12,18H,2,8-9,11H2,1H3. The first kappa shape index (κ1) is 12.8. The summed E-state index contributed by atoms with van der Waals surface area (Å²) in [5.41, 5.74) is 2.23. The molecule has 0 aliphatic rings. The van der Waals surface area contributed by atoms with Gasteiger partial charge < -0.3 is 5.11 Å². The molecule has 0 aliphatic carbocycles. The summed E-state index contributed by atoms with van der Waals surface area (Å²) in [6, 6.07) is 10.1. The average Bonchev–Trinajstić information content (AvgIpc) is 2.88. The molecular weight excluding hydrogens is 226 g/mol. The van der Waals surface area contributed by atoms with Crippen molar-refractivity contribution in [2.45, 2.75) is 13.5 Å². The molecule has 1 aromatic carbocycles. The summed E-state index contributed by atoms with van der Waals surface area (Å²) in [7, 11) is 0. The minimum absolute atomic E-state index is 0.195. The van der Waals surface area contributed by atoms with Crippen molar-refractivity contribution < 1.29 is 5.11 Å². The summed E-state index contributed by atoms with van der Waals surface area (Å²) in [5, 5.41) is 13.3. The van der Waals surface area contributed by atoms with Gasteiger partial charge in [-0.25, -0.2) is 4.68 Å². The second kappa shape index (κ2) is 6.33. The summed E-state index contributed by atoms with van der Waals surface area (Å²) in [6.45, 7) is 4.74. The van der Waals surface area contributed by atoms with Crippen molar-refractivity contribution in [2.75, 3.05) is 19.7 Å². The van der Waals surface area contributed by atoms with E-state index in [1.54, 1.807) is 0 Å². The topological polar surface area (TPSA) is 41.3 Å². The molecule has 0 bridgehead atoms. The molecule has 1 aromatic heterocycles. The first-order valence-corrected chi connectivity index (χ1v) is 6.25. The molecular formula is C14H19N3O. The Bertz CT molecular complexity index is 467. The number of hydrogen-bond acceptors (Lipinski definition) is 3. The second-order valence-corrected chi connectivity index (χ2v) is 4.22. The van der Waals surface area contributed by atoms with Crippen molar-refractivity contribution >= 4 is 0 Å². The van der Waals surface area contributed by atoms with Crippen molar-refractivity contribution in [2.24, 2.45) is 0 Å². The molecule has 0 unspecified atom stereocenters. The highest BCUT2D eigenvalue weighted by molar-refractivity contribution is 5.30. The van der Waals surface area contributed by atoms with E-state index in [2.05, 4.69) is 16.9 Å². The number of benzene rings is 1. The fraction of sp³-hybridized carbons (Fsp3) is 0.357. The van der Waals surface area contributed by atoms with E-state index in [4.69, 9.17) is 5.11 Å². The van der Waals surface area contributed by atoms with Crippen molar-refractivity contribution in [3.05, 3.63) is 48.3 Å². The lowest BCUT2D eigenvalue weighted by molar-refractivity contribution is 0.197. The molecule has 18 heavy (non-hydrogen) atoms. The molecule has 0 atom stereocenters. The van der Waals surface area contributed by atoms with Gasteiger partial charge in [0.2, 0.25) is 0 Å². The number of likely N-dealkylation sites (N-methyl/N-ethyl adjacent to an activating group) is 1. The van der Waals surface area contributed by atoms with Gasteiger partial charge in [-0.2, -0.15) is 5.10 Å². The maximum atomic E-state index is 8.97. The predicted octanol–water partition coefficient (Wildman–Crippen LogP) is 1.69. The molecule has 1 N–H and O–H groups in total. The van der Waals surface area contributed by atoms with Crippen LogP contribution in [0.15, 0.2) is 42.7 Å². The highest BCUT2D eigenvalue weighted by Gasteiger charge is 2.05. The maximum absolute atomic E-state index is 8.97. The van der Waals surface area contributed by atoms with Gasteiger partial charge in [-0.1, -0.05) is 25.1 Å². The summed E-state index contributed by atoms with van der Waals surface area (Å²) in [4.78, 5) is 2.19. The van der Waals surface area contributed by atoms with E-state index >= 15 is 0 Å². The van der Waals surface area contributed by atoms with E-state index in [-0.39, 0.29) is 6.61 Å². The first-order chi connectivity index (χ1) is 8.83. The van der Waals surface area contributed by atoms with Crippen LogP contribution in [0.3, 0.4) is 0 Å². The zero-order chi connectivity index (χ0) is 12.8. The molecule has 0 saturated carbocycles. The number of nitrogens with zero attached hydrogens (tertiary/aromatic N) is 3. The third-order valence-corrected chi connectivity index (χ3v) is 2.93. The SMILES string of the molecule is CCN(CCO)Cc1cnn(-c2ccccc2)c1. The minimum Gasteiger partial charge on any atom is -0.395 e. The van der Waals surface area contributed by atoms with E-state index in [0.29, 0.717) is 6.54 Å². The van der Waals surface area contributed by atoms with Crippen molar-refractivity contribution in [3.8, 4) is 5.69 Å². The van der Waals surface area contributed by atoms with Gasteiger partial charge in [0.25, 0.3) is 0 Å². The molecule has 0 fully saturated rings. The van der Waals surface area contributed by atoms with E-state index in [1.165, 1.54) is 0 Å². The highest BCUT2D eigenvalue weighted by Crippen LogP contribution is 2.09. The van der Waals surface area contributed by atoms with Crippen LogP contribution in [0.25, 0.3) is 5.69 Å². The van der Waals surface area contributed by atoms with Crippen LogP contribution < -0.4 is 0 Å². The van der Waals surface area contributed by atoms with Crippen LogP contribution in [0, 0.1) is 0 Å². The molecule has 0 radical (unpaired) electrons. The van der Waals surface area contributed by atoms with Crippen LogP contribution in [0.4, 0.5) is 0 Å². The second-order valence-electron chi connectivity index (χ2n) is 4.22. The molecule has 0 aliphatic heterocycles. The highest BCUT2D eigenvalue weighted by atomic mass is 16.3. The van der Waals surface area contributed by atoms with Gasteiger partial charge in [0.15, 0.2) is 0 Å². The predicted molar refractivity (Wildman–Crippen MR) is 71.6 cm³/mol. The molecule has 2 rings (SSSR count). The number of hydrogen-bond donors (Lipinski definition) is 1. The summed E-state index contributed by atoms with van der Waals surface area (Å²) in [6.07, 6.45) is 3.92. The van der Waals surface area contributed by atoms with Crippen LogP contribution in [0.5, 0.6) is 0 Å². The van der Waals surface area contributed by atoms with E-state index in [1.807, 2.05) is 47.4 Å². The lowest BCUT2D eigenvalue weighted by Crippen LogP contribution is -2.25. The quantitative estimate of drug-likeness (QED) is 0.842. The van der Waals surface area contributed by atoms with Gasteiger partial charge in [-0.15, -0.1) is 0 Å². The number of aliphatic hydroxyl groups excluding tert-OH is 1. The molecule has 4 heteroatoms.